The quantitative estimate of drug-likeness (QED) is 0.829. The van der Waals surface area contributed by atoms with Crippen molar-refractivity contribution in [1.82, 2.24) is 15.6 Å². The van der Waals surface area contributed by atoms with Crippen molar-refractivity contribution in [2.45, 2.75) is 37.8 Å². The number of aliphatic imine (C=N–C) groups is 1. The van der Waals surface area contributed by atoms with E-state index in [-0.39, 0.29) is 18.1 Å². The second kappa shape index (κ2) is 6.93. The standard InChI is InChI=1S/C18H20N4O2S/c1-24-13-4-2-3-12(9-13)20-18-21-15(17(23)22-18)7-11-5-6-14-16(8-11)25-10-19-14/h5-8,10,12-13H,2-4,9H2,1H3,(H2,20,21,22,23)/b15-7-/t12-,13-/m0/s1. The maximum absolute atomic E-state index is 12.2. The molecule has 6 nitrogen and oxygen atoms in total. The van der Waals surface area contributed by atoms with Crippen LogP contribution < -0.4 is 10.6 Å². The summed E-state index contributed by atoms with van der Waals surface area (Å²) < 4.78 is 6.55. The van der Waals surface area contributed by atoms with Crippen molar-refractivity contribution in [2.75, 3.05) is 7.11 Å². The fourth-order valence-electron chi connectivity index (χ4n) is 3.32. The van der Waals surface area contributed by atoms with Crippen LogP contribution in [0.5, 0.6) is 0 Å². The summed E-state index contributed by atoms with van der Waals surface area (Å²) in [6, 6.07) is 6.15. The summed E-state index contributed by atoms with van der Waals surface area (Å²) in [5, 5.41) is 5.93. The molecule has 0 radical (unpaired) electrons. The highest BCUT2D eigenvalue weighted by Gasteiger charge is 2.26. The number of rotatable bonds is 3. The first kappa shape index (κ1) is 16.2. The van der Waals surface area contributed by atoms with Gasteiger partial charge in [-0.2, -0.15) is 0 Å². The van der Waals surface area contributed by atoms with Gasteiger partial charge in [0, 0.05) is 7.11 Å². The van der Waals surface area contributed by atoms with Gasteiger partial charge < -0.3 is 10.1 Å². The normalized spacial score (nSPS) is 27.0. The highest BCUT2D eigenvalue weighted by Crippen LogP contribution is 2.24. The number of amides is 1. The molecule has 1 aromatic heterocycles. The number of aromatic nitrogens is 1. The van der Waals surface area contributed by atoms with Gasteiger partial charge in [0.15, 0.2) is 0 Å². The van der Waals surface area contributed by atoms with Crippen LogP contribution in [0.1, 0.15) is 31.2 Å². The Bertz CT molecular complexity index is 858. The van der Waals surface area contributed by atoms with E-state index >= 15 is 0 Å². The largest absolute Gasteiger partial charge is 0.381 e. The van der Waals surface area contributed by atoms with Gasteiger partial charge in [-0.3, -0.25) is 10.1 Å². The van der Waals surface area contributed by atoms with Gasteiger partial charge in [0.2, 0.25) is 5.96 Å². The van der Waals surface area contributed by atoms with Gasteiger partial charge in [0.05, 0.1) is 27.9 Å². The first-order valence-corrected chi connectivity index (χ1v) is 9.33. The van der Waals surface area contributed by atoms with E-state index in [0.29, 0.717) is 11.7 Å². The van der Waals surface area contributed by atoms with Gasteiger partial charge in [0.25, 0.3) is 5.91 Å². The third-order valence-electron chi connectivity index (χ3n) is 4.64. The lowest BCUT2D eigenvalue weighted by molar-refractivity contribution is -0.115. The number of carbonyl (C=O) groups is 1. The van der Waals surface area contributed by atoms with Crippen LogP contribution in [-0.2, 0) is 9.53 Å². The number of ether oxygens (including phenoxy) is 1. The van der Waals surface area contributed by atoms with Crippen LogP contribution in [0, 0.1) is 0 Å². The lowest BCUT2D eigenvalue weighted by atomic mass is 9.93. The minimum atomic E-state index is -0.151. The molecule has 1 saturated carbocycles. The summed E-state index contributed by atoms with van der Waals surface area (Å²) >= 11 is 1.59. The molecule has 1 saturated heterocycles. The minimum absolute atomic E-state index is 0.151. The number of carbonyl (C=O) groups excluding carboxylic acids is 1. The maximum atomic E-state index is 12.2. The molecule has 2 heterocycles. The van der Waals surface area contributed by atoms with Crippen molar-refractivity contribution in [1.29, 1.82) is 0 Å². The van der Waals surface area contributed by atoms with Crippen molar-refractivity contribution in [3.05, 3.63) is 35.0 Å². The van der Waals surface area contributed by atoms with E-state index in [9.17, 15) is 4.79 Å². The summed E-state index contributed by atoms with van der Waals surface area (Å²) in [4.78, 5) is 21.1. The number of nitrogens with one attached hydrogen (secondary N) is 2. The predicted octanol–water partition coefficient (Wildman–Crippen LogP) is 2.67. The van der Waals surface area contributed by atoms with Gasteiger partial charge in [-0.15, -0.1) is 11.3 Å². The first-order chi connectivity index (χ1) is 12.2. The van der Waals surface area contributed by atoms with Gasteiger partial charge in [-0.05, 0) is 49.5 Å². The monoisotopic (exact) mass is 356 g/mol. The molecule has 0 bridgehead atoms. The van der Waals surface area contributed by atoms with Crippen molar-refractivity contribution in [2.24, 2.45) is 4.99 Å². The molecule has 2 N–H and O–H groups in total. The summed E-state index contributed by atoms with van der Waals surface area (Å²) in [7, 11) is 1.75. The van der Waals surface area contributed by atoms with E-state index in [0.717, 1.165) is 41.5 Å². The van der Waals surface area contributed by atoms with Gasteiger partial charge in [0.1, 0.15) is 5.70 Å². The van der Waals surface area contributed by atoms with Crippen LogP contribution in [0.25, 0.3) is 16.3 Å². The highest BCUT2D eigenvalue weighted by atomic mass is 32.1. The SMILES string of the molecule is CO[C@H]1CCC[C@H](N=C2NC(=O)/C(=C/c3ccc4ncsc4c3)N2)C1. The second-order valence-electron chi connectivity index (χ2n) is 6.37. The zero-order valence-electron chi connectivity index (χ0n) is 14.0. The molecule has 1 aromatic carbocycles. The Labute approximate surface area is 150 Å². The molecule has 1 amide bonds. The number of methoxy groups -OCH3 is 1. The molecule has 2 aromatic rings. The zero-order chi connectivity index (χ0) is 17.2. The van der Waals surface area contributed by atoms with Crippen molar-refractivity contribution >= 4 is 39.5 Å². The Hall–Kier alpha value is -2.25. The molecule has 7 heteroatoms. The van der Waals surface area contributed by atoms with E-state index in [1.807, 2.05) is 29.8 Å². The summed E-state index contributed by atoms with van der Waals surface area (Å²) in [6.45, 7) is 0. The van der Waals surface area contributed by atoms with Gasteiger partial charge in [-0.25, -0.2) is 9.98 Å². The molecule has 130 valence electrons. The Kier molecular flexibility index (Phi) is 4.50. The number of nitrogens with zero attached hydrogens (tertiary/aromatic N) is 2. The van der Waals surface area contributed by atoms with Crippen molar-refractivity contribution in [3.8, 4) is 0 Å². The molecule has 4 rings (SSSR count). The lowest BCUT2D eigenvalue weighted by Gasteiger charge is -2.25. The lowest BCUT2D eigenvalue weighted by Crippen LogP contribution is -2.30. The third-order valence-corrected chi connectivity index (χ3v) is 5.43. The van der Waals surface area contributed by atoms with E-state index in [1.54, 1.807) is 18.4 Å². The number of fused-ring (bicyclic) bond motifs is 1. The number of hydrogen-bond acceptors (Lipinski definition) is 5. The van der Waals surface area contributed by atoms with Crippen molar-refractivity contribution < 1.29 is 9.53 Å². The molecule has 2 fully saturated rings. The number of hydrogen-bond donors (Lipinski definition) is 2. The molecule has 1 aliphatic heterocycles. The Balaban J connectivity index is 1.50. The van der Waals surface area contributed by atoms with Crippen molar-refractivity contribution in [3.63, 3.8) is 0 Å². The van der Waals surface area contributed by atoms with Crippen LogP contribution in [0.15, 0.2) is 34.4 Å². The van der Waals surface area contributed by atoms with E-state index in [4.69, 9.17) is 4.74 Å². The van der Waals surface area contributed by atoms with E-state index in [1.165, 1.54) is 0 Å². The predicted molar refractivity (Wildman–Crippen MR) is 99.4 cm³/mol. The first-order valence-electron chi connectivity index (χ1n) is 8.45. The Morgan fingerprint density at radius 1 is 1.36 bits per heavy atom. The fraction of sp³-hybridized carbons (Fsp3) is 0.389. The van der Waals surface area contributed by atoms with Gasteiger partial charge in [-0.1, -0.05) is 6.07 Å². The molecule has 2 aliphatic rings. The maximum Gasteiger partial charge on any atom is 0.274 e. The van der Waals surface area contributed by atoms with Crippen LogP contribution in [0.3, 0.4) is 0 Å². The molecule has 1 aliphatic carbocycles. The van der Waals surface area contributed by atoms with E-state index < -0.39 is 0 Å². The molecule has 2 atom stereocenters. The van der Waals surface area contributed by atoms with Crippen LogP contribution in [0.4, 0.5) is 0 Å². The van der Waals surface area contributed by atoms with Crippen LogP contribution >= 0.6 is 11.3 Å². The summed E-state index contributed by atoms with van der Waals surface area (Å²) in [6.07, 6.45) is 6.23. The third kappa shape index (κ3) is 3.57. The Morgan fingerprint density at radius 3 is 3.16 bits per heavy atom. The molecular formula is C18H20N4O2S. The summed E-state index contributed by atoms with van der Waals surface area (Å²) in [5.41, 5.74) is 4.28. The average molecular weight is 356 g/mol. The number of thiazole rings is 1. The fourth-order valence-corrected chi connectivity index (χ4v) is 4.04. The minimum Gasteiger partial charge on any atom is -0.381 e. The molecule has 0 unspecified atom stereocenters. The topological polar surface area (TPSA) is 75.6 Å². The average Bonchev–Trinajstić information content (AvgIpc) is 3.21. The summed E-state index contributed by atoms with van der Waals surface area (Å²) in [5.74, 6) is 0.388. The van der Waals surface area contributed by atoms with Gasteiger partial charge >= 0.3 is 0 Å². The van der Waals surface area contributed by atoms with Crippen LogP contribution in [0.2, 0.25) is 0 Å². The smallest absolute Gasteiger partial charge is 0.274 e. The zero-order valence-corrected chi connectivity index (χ0v) is 14.8. The molecular weight excluding hydrogens is 336 g/mol. The Morgan fingerprint density at radius 2 is 2.28 bits per heavy atom. The van der Waals surface area contributed by atoms with Crippen LogP contribution in [-0.4, -0.2) is 36.1 Å². The second-order valence-corrected chi connectivity index (χ2v) is 7.26. The highest BCUT2D eigenvalue weighted by molar-refractivity contribution is 7.16. The molecule has 25 heavy (non-hydrogen) atoms. The molecule has 0 spiro atoms. The number of guanidine groups is 1. The number of benzene rings is 1. The van der Waals surface area contributed by atoms with E-state index in [2.05, 4.69) is 20.6 Å².